The minimum atomic E-state index is -0.246. The standard InChI is InChI=1S/C21H17N3O2S/c1-14-7-9-15(10-8-14)26-12-20-23-19(13-27-20)21(25)24-18-6-2-5-17-16(18)4-3-11-22-17/h2-11,13H,12H2,1H3,(H,24,25). The van der Waals surface area contributed by atoms with Crippen molar-refractivity contribution in [2.24, 2.45) is 0 Å². The molecule has 6 heteroatoms. The molecular formula is C21H17N3O2S. The number of hydrogen-bond donors (Lipinski definition) is 1. The Morgan fingerprint density at radius 3 is 2.81 bits per heavy atom. The molecule has 2 heterocycles. The number of rotatable bonds is 5. The van der Waals surface area contributed by atoms with Crippen LogP contribution in [-0.4, -0.2) is 15.9 Å². The molecule has 134 valence electrons. The van der Waals surface area contributed by atoms with Crippen LogP contribution in [0.5, 0.6) is 5.75 Å². The number of amides is 1. The summed E-state index contributed by atoms with van der Waals surface area (Å²) in [7, 11) is 0. The molecule has 0 bridgehead atoms. The Morgan fingerprint density at radius 2 is 1.96 bits per heavy atom. The maximum atomic E-state index is 12.6. The number of hydrogen-bond acceptors (Lipinski definition) is 5. The van der Waals surface area contributed by atoms with Crippen LogP contribution in [0.4, 0.5) is 5.69 Å². The molecule has 27 heavy (non-hydrogen) atoms. The van der Waals surface area contributed by atoms with Gasteiger partial charge < -0.3 is 10.1 Å². The number of anilines is 1. The van der Waals surface area contributed by atoms with E-state index in [1.807, 2.05) is 61.5 Å². The molecule has 0 fully saturated rings. The van der Waals surface area contributed by atoms with E-state index in [9.17, 15) is 4.79 Å². The molecule has 4 aromatic rings. The predicted molar refractivity (Wildman–Crippen MR) is 107 cm³/mol. The lowest BCUT2D eigenvalue weighted by Crippen LogP contribution is -2.13. The summed E-state index contributed by atoms with van der Waals surface area (Å²) in [4.78, 5) is 21.2. The highest BCUT2D eigenvalue weighted by molar-refractivity contribution is 7.09. The first-order valence-corrected chi connectivity index (χ1v) is 9.36. The third kappa shape index (κ3) is 3.96. The van der Waals surface area contributed by atoms with Gasteiger partial charge in [-0.1, -0.05) is 23.8 Å². The Labute approximate surface area is 160 Å². The highest BCUT2D eigenvalue weighted by Crippen LogP contribution is 2.22. The quantitative estimate of drug-likeness (QED) is 0.543. The van der Waals surface area contributed by atoms with E-state index >= 15 is 0 Å². The van der Waals surface area contributed by atoms with Gasteiger partial charge in [-0.25, -0.2) is 4.98 Å². The van der Waals surface area contributed by atoms with Crippen LogP contribution in [0.3, 0.4) is 0 Å². The van der Waals surface area contributed by atoms with Gasteiger partial charge in [-0.2, -0.15) is 0 Å². The maximum Gasteiger partial charge on any atom is 0.275 e. The molecule has 0 aliphatic carbocycles. The van der Waals surface area contributed by atoms with E-state index in [0.717, 1.165) is 27.3 Å². The van der Waals surface area contributed by atoms with Gasteiger partial charge in [-0.15, -0.1) is 11.3 Å². The van der Waals surface area contributed by atoms with Crippen molar-refractivity contribution in [3.63, 3.8) is 0 Å². The molecule has 0 aliphatic heterocycles. The summed E-state index contributed by atoms with van der Waals surface area (Å²) >= 11 is 1.41. The van der Waals surface area contributed by atoms with Gasteiger partial charge in [0.1, 0.15) is 23.1 Å². The van der Waals surface area contributed by atoms with Crippen LogP contribution in [0.2, 0.25) is 0 Å². The van der Waals surface area contributed by atoms with Gasteiger partial charge in [0.15, 0.2) is 0 Å². The van der Waals surface area contributed by atoms with Gasteiger partial charge in [0.25, 0.3) is 5.91 Å². The molecule has 2 aromatic heterocycles. The van der Waals surface area contributed by atoms with Gasteiger partial charge in [0.2, 0.25) is 0 Å². The Hall–Kier alpha value is -3.25. The van der Waals surface area contributed by atoms with E-state index in [2.05, 4.69) is 15.3 Å². The Balaban J connectivity index is 1.44. The molecule has 4 rings (SSSR count). The van der Waals surface area contributed by atoms with Gasteiger partial charge in [0, 0.05) is 17.0 Å². The molecular weight excluding hydrogens is 358 g/mol. The number of nitrogens with one attached hydrogen (secondary N) is 1. The fourth-order valence-electron chi connectivity index (χ4n) is 2.66. The zero-order chi connectivity index (χ0) is 18.6. The lowest BCUT2D eigenvalue weighted by molar-refractivity contribution is 0.102. The van der Waals surface area contributed by atoms with Crippen LogP contribution in [0.25, 0.3) is 10.9 Å². The summed E-state index contributed by atoms with van der Waals surface area (Å²) in [5.74, 6) is 0.536. The zero-order valence-corrected chi connectivity index (χ0v) is 15.5. The highest BCUT2D eigenvalue weighted by Gasteiger charge is 2.13. The summed E-state index contributed by atoms with van der Waals surface area (Å²) in [5.41, 5.74) is 3.11. The normalized spacial score (nSPS) is 10.7. The van der Waals surface area contributed by atoms with Crippen LogP contribution < -0.4 is 10.1 Å². The fourth-order valence-corrected chi connectivity index (χ4v) is 3.35. The second-order valence-corrected chi connectivity index (χ2v) is 7.00. The van der Waals surface area contributed by atoms with E-state index in [0.29, 0.717) is 12.3 Å². The molecule has 0 spiro atoms. The number of benzene rings is 2. The average Bonchev–Trinajstić information content (AvgIpc) is 3.17. The first kappa shape index (κ1) is 17.2. The summed E-state index contributed by atoms with van der Waals surface area (Å²) in [5, 5.41) is 6.31. The van der Waals surface area contributed by atoms with E-state index in [4.69, 9.17) is 4.74 Å². The van der Waals surface area contributed by atoms with Crippen molar-refractivity contribution >= 4 is 33.8 Å². The van der Waals surface area contributed by atoms with E-state index in [1.54, 1.807) is 11.6 Å². The lowest BCUT2D eigenvalue weighted by atomic mass is 10.2. The number of aromatic nitrogens is 2. The van der Waals surface area contributed by atoms with Crippen LogP contribution in [0, 0.1) is 6.92 Å². The smallest absolute Gasteiger partial charge is 0.275 e. The summed E-state index contributed by atoms with van der Waals surface area (Å²) in [6.07, 6.45) is 1.73. The van der Waals surface area contributed by atoms with Crippen LogP contribution in [-0.2, 0) is 6.61 Å². The van der Waals surface area contributed by atoms with Crippen LogP contribution in [0.1, 0.15) is 21.1 Å². The van der Waals surface area contributed by atoms with E-state index < -0.39 is 0 Å². The van der Waals surface area contributed by atoms with Crippen molar-refractivity contribution in [3.05, 3.63) is 82.4 Å². The van der Waals surface area contributed by atoms with Crippen molar-refractivity contribution in [1.82, 2.24) is 9.97 Å². The van der Waals surface area contributed by atoms with Gasteiger partial charge in [-0.05, 0) is 43.3 Å². The van der Waals surface area contributed by atoms with Crippen molar-refractivity contribution in [2.75, 3.05) is 5.32 Å². The summed E-state index contributed by atoms with van der Waals surface area (Å²) in [6.45, 7) is 2.36. The van der Waals surface area contributed by atoms with E-state index in [1.165, 1.54) is 16.9 Å². The number of thiazole rings is 1. The third-order valence-electron chi connectivity index (χ3n) is 4.06. The number of ether oxygens (including phenoxy) is 1. The molecule has 1 N–H and O–H groups in total. The number of carbonyl (C=O) groups is 1. The third-order valence-corrected chi connectivity index (χ3v) is 4.88. The summed E-state index contributed by atoms with van der Waals surface area (Å²) < 4.78 is 5.72. The minimum absolute atomic E-state index is 0.246. The first-order valence-electron chi connectivity index (χ1n) is 8.48. The Kier molecular flexibility index (Phi) is 4.80. The largest absolute Gasteiger partial charge is 0.486 e. The van der Waals surface area contributed by atoms with Crippen LogP contribution in [0.15, 0.2) is 66.2 Å². The minimum Gasteiger partial charge on any atom is -0.486 e. The SMILES string of the molecule is Cc1ccc(OCc2nc(C(=O)Nc3cccc4ncccc34)cs2)cc1. The van der Waals surface area contributed by atoms with Crippen LogP contribution >= 0.6 is 11.3 Å². The molecule has 0 saturated carbocycles. The molecule has 0 unspecified atom stereocenters. The van der Waals surface area contributed by atoms with Gasteiger partial charge >= 0.3 is 0 Å². The molecule has 0 radical (unpaired) electrons. The van der Waals surface area contributed by atoms with Crippen molar-refractivity contribution in [1.29, 1.82) is 0 Å². The molecule has 0 atom stereocenters. The molecule has 1 amide bonds. The molecule has 5 nitrogen and oxygen atoms in total. The molecule has 0 saturated heterocycles. The maximum absolute atomic E-state index is 12.6. The first-order chi connectivity index (χ1) is 13.2. The Bertz CT molecular complexity index is 1080. The second kappa shape index (κ2) is 7.55. The number of aryl methyl sites for hydroxylation is 1. The molecule has 0 aliphatic rings. The fraction of sp³-hybridized carbons (Fsp3) is 0.0952. The number of carbonyl (C=O) groups excluding carboxylic acids is 1. The average molecular weight is 375 g/mol. The van der Waals surface area contributed by atoms with Crippen molar-refractivity contribution in [2.45, 2.75) is 13.5 Å². The highest BCUT2D eigenvalue weighted by atomic mass is 32.1. The van der Waals surface area contributed by atoms with Gasteiger partial charge in [0.05, 0.1) is 11.2 Å². The summed E-state index contributed by atoms with van der Waals surface area (Å²) in [6, 6.07) is 17.2. The number of pyridine rings is 1. The predicted octanol–water partition coefficient (Wildman–Crippen LogP) is 4.83. The number of fused-ring (bicyclic) bond motifs is 1. The topological polar surface area (TPSA) is 64.1 Å². The zero-order valence-electron chi connectivity index (χ0n) is 14.7. The van der Waals surface area contributed by atoms with Gasteiger partial charge in [-0.3, -0.25) is 9.78 Å². The monoisotopic (exact) mass is 375 g/mol. The number of nitrogens with zero attached hydrogens (tertiary/aromatic N) is 2. The second-order valence-electron chi connectivity index (χ2n) is 6.06. The van der Waals surface area contributed by atoms with Crippen molar-refractivity contribution in [3.8, 4) is 5.75 Å². The van der Waals surface area contributed by atoms with E-state index in [-0.39, 0.29) is 5.91 Å². The van der Waals surface area contributed by atoms with Crippen molar-refractivity contribution < 1.29 is 9.53 Å². The molecule has 2 aromatic carbocycles. The lowest BCUT2D eigenvalue weighted by Gasteiger charge is -2.07. The Morgan fingerprint density at radius 1 is 1.11 bits per heavy atom.